The average molecular weight is 335 g/mol. The molecule has 1 N–H and O–H groups in total. The molecule has 0 amide bonds. The fourth-order valence-corrected chi connectivity index (χ4v) is 5.19. The van der Waals surface area contributed by atoms with Crippen molar-refractivity contribution in [2.45, 2.75) is 45.2 Å². The Morgan fingerprint density at radius 2 is 2.13 bits per heavy atom. The molecule has 3 rings (SSSR count). The zero-order valence-corrected chi connectivity index (χ0v) is 15.1. The molecule has 3 heterocycles. The van der Waals surface area contributed by atoms with Crippen LogP contribution in [0.3, 0.4) is 0 Å². The van der Waals surface area contributed by atoms with Gasteiger partial charge in [0.1, 0.15) is 5.65 Å². The summed E-state index contributed by atoms with van der Waals surface area (Å²) in [5.74, 6) is 0.582. The van der Waals surface area contributed by atoms with Gasteiger partial charge in [-0.15, -0.1) is 0 Å². The number of hydrogen-bond donors (Lipinski definition) is 1. The van der Waals surface area contributed by atoms with Gasteiger partial charge >= 0.3 is 0 Å². The standard InChI is InChI=1S/C17H25N3O2S/c1-17(2,3)15-14(13-6-5-8-18-16(13)19-15)10-20(4)12-7-9-23(21,22)11-12/h5-6,8,12H,7,9-11H2,1-4H3,(H,18,19). The number of sulfone groups is 1. The molecule has 0 aromatic carbocycles. The molecule has 0 radical (unpaired) electrons. The van der Waals surface area contributed by atoms with Gasteiger partial charge in [0.05, 0.1) is 11.5 Å². The number of hydrogen-bond acceptors (Lipinski definition) is 4. The summed E-state index contributed by atoms with van der Waals surface area (Å²) in [6.45, 7) is 7.28. The van der Waals surface area contributed by atoms with E-state index in [-0.39, 0.29) is 17.2 Å². The second-order valence-electron chi connectivity index (χ2n) is 7.60. The van der Waals surface area contributed by atoms with Crippen LogP contribution in [0.4, 0.5) is 0 Å². The largest absolute Gasteiger partial charge is 0.342 e. The molecule has 2 aromatic heterocycles. The van der Waals surface area contributed by atoms with E-state index in [0.29, 0.717) is 5.75 Å². The first-order chi connectivity index (χ1) is 10.7. The number of rotatable bonds is 3. The highest BCUT2D eigenvalue weighted by molar-refractivity contribution is 7.91. The lowest BCUT2D eigenvalue weighted by Gasteiger charge is -2.26. The van der Waals surface area contributed by atoms with E-state index in [1.54, 1.807) is 6.20 Å². The molecule has 1 aliphatic rings. The first kappa shape index (κ1) is 16.5. The predicted molar refractivity (Wildman–Crippen MR) is 93.3 cm³/mol. The Bertz CT molecular complexity index is 818. The van der Waals surface area contributed by atoms with E-state index >= 15 is 0 Å². The molecule has 0 aliphatic carbocycles. The van der Waals surface area contributed by atoms with Crippen LogP contribution in [0.25, 0.3) is 11.0 Å². The number of aromatic nitrogens is 2. The molecule has 0 spiro atoms. The second-order valence-corrected chi connectivity index (χ2v) is 9.83. The Hall–Kier alpha value is -1.40. The van der Waals surface area contributed by atoms with Gasteiger partial charge < -0.3 is 4.98 Å². The highest BCUT2D eigenvalue weighted by Crippen LogP contribution is 2.32. The van der Waals surface area contributed by atoms with Gasteiger partial charge in [-0.1, -0.05) is 20.8 Å². The number of pyridine rings is 1. The van der Waals surface area contributed by atoms with Gasteiger partial charge in [0.15, 0.2) is 9.84 Å². The number of nitrogens with one attached hydrogen (secondary N) is 1. The third kappa shape index (κ3) is 3.28. The van der Waals surface area contributed by atoms with Gasteiger partial charge in [-0.3, -0.25) is 4.90 Å². The van der Waals surface area contributed by atoms with Crippen molar-refractivity contribution in [1.82, 2.24) is 14.9 Å². The zero-order chi connectivity index (χ0) is 16.8. The van der Waals surface area contributed by atoms with Gasteiger partial charge in [0, 0.05) is 35.3 Å². The van der Waals surface area contributed by atoms with Crippen molar-refractivity contribution in [3.05, 3.63) is 29.6 Å². The minimum atomic E-state index is -2.86. The molecule has 126 valence electrons. The number of aromatic amines is 1. The summed E-state index contributed by atoms with van der Waals surface area (Å²) >= 11 is 0. The number of nitrogens with zero attached hydrogens (tertiary/aromatic N) is 2. The van der Waals surface area contributed by atoms with E-state index in [1.807, 2.05) is 13.1 Å². The van der Waals surface area contributed by atoms with Crippen LogP contribution in [-0.2, 0) is 21.8 Å². The summed E-state index contributed by atoms with van der Waals surface area (Å²) in [6.07, 6.45) is 2.52. The summed E-state index contributed by atoms with van der Waals surface area (Å²) < 4.78 is 23.5. The number of H-pyrrole nitrogens is 1. The molecule has 1 fully saturated rings. The van der Waals surface area contributed by atoms with Crippen LogP contribution in [-0.4, -0.2) is 47.9 Å². The minimum Gasteiger partial charge on any atom is -0.342 e. The van der Waals surface area contributed by atoms with Gasteiger partial charge in [0.2, 0.25) is 0 Å². The fourth-order valence-electron chi connectivity index (χ4n) is 3.38. The smallest absolute Gasteiger partial charge is 0.151 e. The number of fused-ring (bicyclic) bond motifs is 1. The predicted octanol–water partition coefficient (Wildman–Crippen LogP) is 2.48. The topological polar surface area (TPSA) is 66.1 Å². The van der Waals surface area contributed by atoms with Crippen molar-refractivity contribution in [3.8, 4) is 0 Å². The van der Waals surface area contributed by atoms with Gasteiger partial charge in [-0.05, 0) is 31.2 Å². The molecule has 5 nitrogen and oxygen atoms in total. The maximum atomic E-state index is 11.7. The second kappa shape index (κ2) is 5.60. The lowest BCUT2D eigenvalue weighted by Crippen LogP contribution is -2.32. The third-order valence-electron chi connectivity index (χ3n) is 4.67. The van der Waals surface area contributed by atoms with Crippen LogP contribution in [0, 0.1) is 0 Å². The molecule has 0 bridgehead atoms. The minimum absolute atomic E-state index is 0.0153. The first-order valence-electron chi connectivity index (χ1n) is 8.04. The highest BCUT2D eigenvalue weighted by Gasteiger charge is 2.32. The molecule has 1 aliphatic heterocycles. The average Bonchev–Trinajstić information content (AvgIpc) is 2.99. The molecule has 1 atom stereocenters. The van der Waals surface area contributed by atoms with Crippen molar-refractivity contribution in [2.75, 3.05) is 18.6 Å². The molecule has 6 heteroatoms. The molecule has 0 saturated carbocycles. The summed E-state index contributed by atoms with van der Waals surface area (Å²) in [7, 11) is -0.841. The van der Waals surface area contributed by atoms with Crippen LogP contribution in [0.5, 0.6) is 0 Å². The molecular weight excluding hydrogens is 310 g/mol. The molecule has 2 aromatic rings. The Morgan fingerprint density at radius 1 is 1.39 bits per heavy atom. The maximum Gasteiger partial charge on any atom is 0.151 e. The Morgan fingerprint density at radius 3 is 2.74 bits per heavy atom. The van der Waals surface area contributed by atoms with Crippen molar-refractivity contribution >= 4 is 20.9 Å². The lowest BCUT2D eigenvalue weighted by atomic mass is 9.88. The van der Waals surface area contributed by atoms with Crippen molar-refractivity contribution in [1.29, 1.82) is 0 Å². The van der Waals surface area contributed by atoms with Gasteiger partial charge in [0.25, 0.3) is 0 Å². The normalized spacial score (nSPS) is 21.3. The van der Waals surface area contributed by atoms with Crippen LogP contribution >= 0.6 is 0 Å². The SMILES string of the molecule is CN(Cc1c(C(C)(C)C)[nH]c2ncccc12)C1CCS(=O)(=O)C1. The summed E-state index contributed by atoms with van der Waals surface area (Å²) in [5, 5.41) is 1.13. The Kier molecular flexibility index (Phi) is 4.01. The maximum absolute atomic E-state index is 11.7. The van der Waals surface area contributed by atoms with Crippen LogP contribution in [0.15, 0.2) is 18.3 Å². The molecular formula is C17H25N3O2S. The van der Waals surface area contributed by atoms with Crippen molar-refractivity contribution in [2.24, 2.45) is 0 Å². The van der Waals surface area contributed by atoms with E-state index < -0.39 is 9.84 Å². The highest BCUT2D eigenvalue weighted by atomic mass is 32.2. The quantitative estimate of drug-likeness (QED) is 0.936. The van der Waals surface area contributed by atoms with Crippen molar-refractivity contribution in [3.63, 3.8) is 0 Å². The summed E-state index contributed by atoms with van der Waals surface area (Å²) in [6, 6.07) is 4.14. The monoisotopic (exact) mass is 335 g/mol. The van der Waals surface area contributed by atoms with E-state index in [1.165, 1.54) is 11.3 Å². The van der Waals surface area contributed by atoms with Gasteiger partial charge in [-0.25, -0.2) is 13.4 Å². The summed E-state index contributed by atoms with van der Waals surface area (Å²) in [4.78, 5) is 10.1. The van der Waals surface area contributed by atoms with Crippen molar-refractivity contribution < 1.29 is 8.42 Å². The third-order valence-corrected chi connectivity index (χ3v) is 6.42. The van der Waals surface area contributed by atoms with Crippen LogP contribution in [0.1, 0.15) is 38.4 Å². The Balaban J connectivity index is 1.96. The first-order valence-corrected chi connectivity index (χ1v) is 9.86. The van der Waals surface area contributed by atoms with E-state index in [0.717, 1.165) is 24.0 Å². The molecule has 1 unspecified atom stereocenters. The lowest BCUT2D eigenvalue weighted by molar-refractivity contribution is 0.253. The molecule has 1 saturated heterocycles. The van der Waals surface area contributed by atoms with E-state index in [2.05, 4.69) is 41.7 Å². The van der Waals surface area contributed by atoms with Gasteiger partial charge in [-0.2, -0.15) is 0 Å². The summed E-state index contributed by atoms with van der Waals surface area (Å²) in [5.41, 5.74) is 3.30. The molecule has 23 heavy (non-hydrogen) atoms. The fraction of sp³-hybridized carbons (Fsp3) is 0.588. The van der Waals surface area contributed by atoms with Crippen LogP contribution < -0.4 is 0 Å². The van der Waals surface area contributed by atoms with Crippen LogP contribution in [0.2, 0.25) is 0 Å². The van der Waals surface area contributed by atoms with E-state index in [4.69, 9.17) is 0 Å². The Labute approximate surface area is 138 Å². The van der Waals surface area contributed by atoms with E-state index in [9.17, 15) is 8.42 Å². The zero-order valence-electron chi connectivity index (χ0n) is 14.3.